The van der Waals surface area contributed by atoms with E-state index in [1.807, 2.05) is 0 Å². The first-order valence-electron chi connectivity index (χ1n) is 6.24. The lowest BCUT2D eigenvalue weighted by Gasteiger charge is -2.16. The minimum atomic E-state index is -0.443. The fraction of sp³-hybridized carbons (Fsp3) is 0.133. The van der Waals surface area contributed by atoms with Gasteiger partial charge >= 0.3 is 0 Å². The van der Waals surface area contributed by atoms with Gasteiger partial charge in [-0.15, -0.1) is 0 Å². The van der Waals surface area contributed by atoms with Crippen molar-refractivity contribution < 1.29 is 4.79 Å². The van der Waals surface area contributed by atoms with Crippen molar-refractivity contribution in [3.05, 3.63) is 57.5 Å². The number of halogens is 3. The maximum atomic E-state index is 12.1. The van der Waals surface area contributed by atoms with Gasteiger partial charge in [0.25, 0.3) is 0 Å². The molecule has 21 heavy (non-hydrogen) atoms. The van der Waals surface area contributed by atoms with E-state index in [0.717, 1.165) is 5.69 Å². The molecular weight excluding hydrogens is 331 g/mol. The van der Waals surface area contributed by atoms with E-state index in [-0.39, 0.29) is 5.91 Å². The summed E-state index contributed by atoms with van der Waals surface area (Å²) < 4.78 is 0. The molecule has 0 saturated heterocycles. The topological polar surface area (TPSA) is 41.1 Å². The summed E-state index contributed by atoms with van der Waals surface area (Å²) in [6.45, 7) is 1.75. The van der Waals surface area contributed by atoms with Crippen molar-refractivity contribution in [1.29, 1.82) is 0 Å². The van der Waals surface area contributed by atoms with Gasteiger partial charge in [0.2, 0.25) is 5.91 Å². The van der Waals surface area contributed by atoms with E-state index >= 15 is 0 Å². The molecule has 0 aliphatic heterocycles. The maximum Gasteiger partial charge on any atom is 0.246 e. The Hall–Kier alpha value is -1.42. The highest BCUT2D eigenvalue weighted by Crippen LogP contribution is 2.25. The van der Waals surface area contributed by atoms with Crippen LogP contribution in [0.25, 0.3) is 0 Å². The maximum absolute atomic E-state index is 12.1. The number of anilines is 2. The molecule has 0 saturated carbocycles. The van der Waals surface area contributed by atoms with Gasteiger partial charge in [-0.25, -0.2) is 0 Å². The molecule has 0 bridgehead atoms. The average molecular weight is 344 g/mol. The van der Waals surface area contributed by atoms with Crippen molar-refractivity contribution in [2.24, 2.45) is 0 Å². The van der Waals surface area contributed by atoms with E-state index in [9.17, 15) is 4.79 Å². The third-order valence-electron chi connectivity index (χ3n) is 2.81. The van der Waals surface area contributed by atoms with Crippen molar-refractivity contribution in [3.8, 4) is 0 Å². The highest BCUT2D eigenvalue weighted by molar-refractivity contribution is 6.35. The summed E-state index contributed by atoms with van der Waals surface area (Å²) in [7, 11) is 0. The summed E-state index contributed by atoms with van der Waals surface area (Å²) in [5, 5.41) is 7.40. The normalized spacial score (nSPS) is 11.8. The Bertz CT molecular complexity index is 644. The molecule has 0 unspecified atom stereocenters. The van der Waals surface area contributed by atoms with Crippen LogP contribution in [0.1, 0.15) is 6.92 Å². The van der Waals surface area contributed by atoms with Crippen LogP contribution in [-0.2, 0) is 4.79 Å². The summed E-state index contributed by atoms with van der Waals surface area (Å²) in [5.41, 5.74) is 1.29. The molecule has 0 aliphatic rings. The lowest BCUT2D eigenvalue weighted by molar-refractivity contribution is -0.116. The number of carbonyl (C=O) groups is 1. The molecule has 6 heteroatoms. The number of benzene rings is 2. The summed E-state index contributed by atoms with van der Waals surface area (Å²) in [6.07, 6.45) is 0. The van der Waals surface area contributed by atoms with Crippen molar-refractivity contribution in [2.75, 3.05) is 10.6 Å². The Kier molecular flexibility index (Phi) is 5.34. The molecule has 2 N–H and O–H groups in total. The van der Waals surface area contributed by atoms with Gasteiger partial charge in [-0.1, -0.05) is 34.8 Å². The Morgan fingerprint density at radius 1 is 1.00 bits per heavy atom. The standard InChI is InChI=1S/C15H13Cl3N2O/c1-9(19-12-5-2-10(16)3-6-12)15(21)20-14-8-11(17)4-7-13(14)18/h2-9,19H,1H3,(H,20,21)/t9-/m0/s1. The quantitative estimate of drug-likeness (QED) is 0.812. The van der Waals surface area contributed by atoms with Crippen molar-refractivity contribution >= 4 is 52.1 Å². The van der Waals surface area contributed by atoms with Gasteiger partial charge in [-0.3, -0.25) is 4.79 Å². The third kappa shape index (κ3) is 4.53. The number of nitrogens with one attached hydrogen (secondary N) is 2. The van der Waals surface area contributed by atoms with Crippen molar-refractivity contribution in [3.63, 3.8) is 0 Å². The number of hydrogen-bond donors (Lipinski definition) is 2. The van der Waals surface area contributed by atoms with Crippen LogP contribution >= 0.6 is 34.8 Å². The fourth-order valence-corrected chi connectivity index (χ4v) is 2.16. The van der Waals surface area contributed by atoms with Crippen LogP contribution in [0.15, 0.2) is 42.5 Å². The second kappa shape index (κ2) is 7.03. The third-order valence-corrected chi connectivity index (χ3v) is 3.62. The Morgan fingerprint density at radius 3 is 2.29 bits per heavy atom. The summed E-state index contributed by atoms with van der Waals surface area (Å²) in [4.78, 5) is 12.1. The number of hydrogen-bond acceptors (Lipinski definition) is 2. The summed E-state index contributed by atoms with van der Waals surface area (Å²) in [5.74, 6) is -0.214. The molecule has 0 spiro atoms. The largest absolute Gasteiger partial charge is 0.374 e. The number of amides is 1. The van der Waals surface area contributed by atoms with E-state index < -0.39 is 6.04 Å². The minimum absolute atomic E-state index is 0.214. The SMILES string of the molecule is C[C@H](Nc1ccc(Cl)cc1)C(=O)Nc1cc(Cl)ccc1Cl. The van der Waals surface area contributed by atoms with E-state index in [1.165, 1.54) is 0 Å². The molecule has 1 atom stereocenters. The molecule has 0 aromatic heterocycles. The van der Waals surface area contributed by atoms with Crippen LogP contribution in [0.3, 0.4) is 0 Å². The molecule has 0 radical (unpaired) electrons. The van der Waals surface area contributed by atoms with E-state index in [1.54, 1.807) is 49.4 Å². The predicted molar refractivity (Wildman–Crippen MR) is 89.6 cm³/mol. The van der Waals surface area contributed by atoms with E-state index in [0.29, 0.717) is 20.8 Å². The number of carbonyl (C=O) groups excluding carboxylic acids is 1. The molecule has 0 fully saturated rings. The van der Waals surface area contributed by atoms with Gasteiger partial charge in [0.15, 0.2) is 0 Å². The highest BCUT2D eigenvalue weighted by Gasteiger charge is 2.14. The van der Waals surface area contributed by atoms with Gasteiger partial charge in [0.1, 0.15) is 6.04 Å². The highest BCUT2D eigenvalue weighted by atomic mass is 35.5. The van der Waals surface area contributed by atoms with Crippen LogP contribution in [0, 0.1) is 0 Å². The van der Waals surface area contributed by atoms with E-state index in [4.69, 9.17) is 34.8 Å². The zero-order valence-corrected chi connectivity index (χ0v) is 13.4. The average Bonchev–Trinajstić information content (AvgIpc) is 2.45. The molecule has 3 nitrogen and oxygen atoms in total. The second-order valence-electron chi connectivity index (χ2n) is 4.49. The lowest BCUT2D eigenvalue weighted by atomic mass is 10.2. The van der Waals surface area contributed by atoms with Gasteiger partial charge in [0, 0.05) is 15.7 Å². The second-order valence-corrected chi connectivity index (χ2v) is 5.77. The molecule has 2 aromatic carbocycles. The molecular formula is C15H13Cl3N2O. The zero-order chi connectivity index (χ0) is 15.4. The van der Waals surface area contributed by atoms with E-state index in [2.05, 4.69) is 10.6 Å². The van der Waals surface area contributed by atoms with Crippen LogP contribution in [0.2, 0.25) is 15.1 Å². The van der Waals surface area contributed by atoms with Gasteiger partial charge in [-0.05, 0) is 49.4 Å². The smallest absolute Gasteiger partial charge is 0.246 e. The Labute approximate surface area is 138 Å². The first-order valence-corrected chi connectivity index (χ1v) is 7.37. The minimum Gasteiger partial charge on any atom is -0.374 e. The molecule has 1 amide bonds. The molecule has 110 valence electrons. The fourth-order valence-electron chi connectivity index (χ4n) is 1.70. The first-order chi connectivity index (χ1) is 9.95. The molecule has 2 aromatic rings. The van der Waals surface area contributed by atoms with Crippen LogP contribution in [0.5, 0.6) is 0 Å². The molecule has 0 aliphatic carbocycles. The monoisotopic (exact) mass is 342 g/mol. The number of rotatable bonds is 4. The van der Waals surface area contributed by atoms with Gasteiger partial charge < -0.3 is 10.6 Å². The van der Waals surface area contributed by atoms with Crippen LogP contribution in [-0.4, -0.2) is 11.9 Å². The summed E-state index contributed by atoms with van der Waals surface area (Å²) in [6, 6.07) is 11.6. The first kappa shape index (κ1) is 16.0. The lowest BCUT2D eigenvalue weighted by Crippen LogP contribution is -2.31. The van der Waals surface area contributed by atoms with Crippen LogP contribution in [0.4, 0.5) is 11.4 Å². The molecule has 0 heterocycles. The molecule has 2 rings (SSSR count). The van der Waals surface area contributed by atoms with Crippen LogP contribution < -0.4 is 10.6 Å². The van der Waals surface area contributed by atoms with Gasteiger partial charge in [-0.2, -0.15) is 0 Å². The summed E-state index contributed by atoms with van der Waals surface area (Å²) >= 11 is 17.7. The Balaban J connectivity index is 2.02. The predicted octanol–water partition coefficient (Wildman–Crippen LogP) is 5.09. The van der Waals surface area contributed by atoms with Crippen molar-refractivity contribution in [2.45, 2.75) is 13.0 Å². The zero-order valence-electron chi connectivity index (χ0n) is 11.2. The van der Waals surface area contributed by atoms with Crippen molar-refractivity contribution in [1.82, 2.24) is 0 Å². The Morgan fingerprint density at radius 2 is 1.62 bits per heavy atom. The van der Waals surface area contributed by atoms with Gasteiger partial charge in [0.05, 0.1) is 10.7 Å².